The lowest BCUT2D eigenvalue weighted by Crippen LogP contribution is -2.36. The van der Waals surface area contributed by atoms with Crippen LogP contribution in [0.2, 0.25) is 0 Å². The molecule has 1 fully saturated rings. The highest BCUT2D eigenvalue weighted by Gasteiger charge is 2.37. The molecule has 0 aliphatic carbocycles. The first-order valence-corrected chi connectivity index (χ1v) is 4.09. The van der Waals surface area contributed by atoms with Crippen molar-refractivity contribution in [3.05, 3.63) is 0 Å². The quantitative estimate of drug-likeness (QED) is 0.625. The average Bonchev–Trinajstić information content (AvgIpc) is 2.13. The van der Waals surface area contributed by atoms with Gasteiger partial charge < -0.3 is 5.32 Å². The fraction of sp³-hybridized carbons (Fsp3) is 1.00. The molecule has 1 aliphatic heterocycles. The van der Waals surface area contributed by atoms with E-state index in [-0.39, 0.29) is 6.04 Å². The van der Waals surface area contributed by atoms with Crippen molar-refractivity contribution in [2.75, 3.05) is 6.54 Å². The topological polar surface area (TPSA) is 12.0 Å². The van der Waals surface area contributed by atoms with Crippen molar-refractivity contribution in [2.45, 2.75) is 44.8 Å². The summed E-state index contributed by atoms with van der Waals surface area (Å²) >= 11 is 0. The molecule has 0 aromatic heterocycles. The minimum absolute atomic E-state index is 0.109. The minimum Gasteiger partial charge on any atom is -0.311 e. The van der Waals surface area contributed by atoms with Crippen LogP contribution in [0.5, 0.6) is 0 Å². The molecule has 1 aliphatic rings. The van der Waals surface area contributed by atoms with Crippen LogP contribution >= 0.6 is 0 Å². The van der Waals surface area contributed by atoms with Gasteiger partial charge in [0.1, 0.15) is 5.67 Å². The van der Waals surface area contributed by atoms with Gasteiger partial charge in [-0.1, -0.05) is 13.3 Å². The van der Waals surface area contributed by atoms with E-state index in [4.69, 9.17) is 0 Å². The van der Waals surface area contributed by atoms with Crippen molar-refractivity contribution in [1.82, 2.24) is 5.32 Å². The standard InChI is InChI=1S/C8H16FN/c1-3-4-7-8(2,9)5-6-10-7/h7,10H,3-6H2,1-2H3. The Morgan fingerprint density at radius 2 is 2.40 bits per heavy atom. The molecule has 1 saturated heterocycles. The highest BCUT2D eigenvalue weighted by molar-refractivity contribution is 4.94. The Morgan fingerprint density at radius 3 is 2.80 bits per heavy atom. The zero-order chi connectivity index (χ0) is 7.61. The van der Waals surface area contributed by atoms with Gasteiger partial charge in [-0.15, -0.1) is 0 Å². The molecule has 60 valence electrons. The molecule has 1 N–H and O–H groups in total. The van der Waals surface area contributed by atoms with E-state index in [0.717, 1.165) is 19.4 Å². The maximum Gasteiger partial charge on any atom is 0.124 e. The van der Waals surface area contributed by atoms with Crippen LogP contribution in [0.25, 0.3) is 0 Å². The summed E-state index contributed by atoms with van der Waals surface area (Å²) in [6.45, 7) is 4.64. The number of halogens is 1. The van der Waals surface area contributed by atoms with Gasteiger partial charge in [0.2, 0.25) is 0 Å². The maximum atomic E-state index is 13.4. The Morgan fingerprint density at radius 1 is 1.70 bits per heavy atom. The van der Waals surface area contributed by atoms with Gasteiger partial charge in [0.15, 0.2) is 0 Å². The second kappa shape index (κ2) is 2.87. The number of nitrogens with one attached hydrogen (secondary N) is 1. The molecule has 2 unspecified atom stereocenters. The van der Waals surface area contributed by atoms with Crippen LogP contribution in [-0.4, -0.2) is 18.3 Å². The Balaban J connectivity index is 2.43. The largest absolute Gasteiger partial charge is 0.311 e. The number of alkyl halides is 1. The second-order valence-corrected chi connectivity index (χ2v) is 3.32. The van der Waals surface area contributed by atoms with Crippen molar-refractivity contribution >= 4 is 0 Å². The van der Waals surface area contributed by atoms with E-state index in [1.165, 1.54) is 0 Å². The molecule has 2 heteroatoms. The van der Waals surface area contributed by atoms with E-state index in [2.05, 4.69) is 12.2 Å². The van der Waals surface area contributed by atoms with Crippen molar-refractivity contribution in [3.8, 4) is 0 Å². The first-order valence-electron chi connectivity index (χ1n) is 4.09. The Kier molecular flexibility index (Phi) is 2.29. The molecule has 0 spiro atoms. The monoisotopic (exact) mass is 145 g/mol. The number of rotatable bonds is 2. The molecule has 1 heterocycles. The fourth-order valence-corrected chi connectivity index (χ4v) is 1.57. The average molecular weight is 145 g/mol. The molecule has 0 aromatic rings. The Hall–Kier alpha value is -0.110. The van der Waals surface area contributed by atoms with E-state index in [1.807, 2.05) is 0 Å². The predicted octanol–water partition coefficient (Wildman–Crippen LogP) is 1.88. The van der Waals surface area contributed by atoms with E-state index >= 15 is 0 Å². The lowest BCUT2D eigenvalue weighted by atomic mass is 9.96. The van der Waals surface area contributed by atoms with Crippen molar-refractivity contribution < 1.29 is 4.39 Å². The van der Waals surface area contributed by atoms with E-state index in [0.29, 0.717) is 6.42 Å². The van der Waals surface area contributed by atoms with Crippen molar-refractivity contribution in [1.29, 1.82) is 0 Å². The summed E-state index contributed by atoms with van der Waals surface area (Å²) in [5.41, 5.74) is -0.948. The van der Waals surface area contributed by atoms with Gasteiger partial charge in [-0.2, -0.15) is 0 Å². The fourth-order valence-electron chi connectivity index (χ4n) is 1.57. The maximum absolute atomic E-state index is 13.4. The molecule has 10 heavy (non-hydrogen) atoms. The zero-order valence-electron chi connectivity index (χ0n) is 6.78. The molecular formula is C8H16FN. The first-order chi connectivity index (χ1) is 4.67. The SMILES string of the molecule is CCCC1NCCC1(C)F. The third-order valence-electron chi connectivity index (χ3n) is 2.31. The smallest absolute Gasteiger partial charge is 0.124 e. The summed E-state index contributed by atoms with van der Waals surface area (Å²) in [4.78, 5) is 0. The highest BCUT2D eigenvalue weighted by atomic mass is 19.1. The van der Waals surface area contributed by atoms with Gasteiger partial charge in [0.25, 0.3) is 0 Å². The summed E-state index contributed by atoms with van der Waals surface area (Å²) in [7, 11) is 0. The molecular weight excluding hydrogens is 129 g/mol. The van der Waals surface area contributed by atoms with Crippen LogP contribution in [0.1, 0.15) is 33.1 Å². The van der Waals surface area contributed by atoms with Crippen LogP contribution in [0, 0.1) is 0 Å². The molecule has 1 nitrogen and oxygen atoms in total. The Bertz CT molecular complexity index is 112. The normalized spacial score (nSPS) is 40.5. The van der Waals surface area contributed by atoms with Crippen molar-refractivity contribution in [3.63, 3.8) is 0 Å². The van der Waals surface area contributed by atoms with Gasteiger partial charge in [-0.25, -0.2) is 4.39 Å². The second-order valence-electron chi connectivity index (χ2n) is 3.32. The molecule has 0 saturated carbocycles. The van der Waals surface area contributed by atoms with E-state index in [1.54, 1.807) is 6.92 Å². The van der Waals surface area contributed by atoms with Crippen LogP contribution in [0.3, 0.4) is 0 Å². The summed E-state index contributed by atoms with van der Waals surface area (Å²) in [5, 5.41) is 3.17. The molecule has 1 rings (SSSR count). The summed E-state index contributed by atoms with van der Waals surface area (Å²) in [6, 6.07) is 0.109. The Labute approximate surface area is 62.0 Å². The zero-order valence-corrected chi connectivity index (χ0v) is 6.78. The van der Waals surface area contributed by atoms with E-state index in [9.17, 15) is 4.39 Å². The van der Waals surface area contributed by atoms with E-state index < -0.39 is 5.67 Å². The third-order valence-corrected chi connectivity index (χ3v) is 2.31. The molecule has 0 bridgehead atoms. The van der Waals surface area contributed by atoms with Crippen molar-refractivity contribution in [2.24, 2.45) is 0 Å². The van der Waals surface area contributed by atoms with Gasteiger partial charge >= 0.3 is 0 Å². The highest BCUT2D eigenvalue weighted by Crippen LogP contribution is 2.27. The minimum atomic E-state index is -0.948. The summed E-state index contributed by atoms with van der Waals surface area (Å²) in [5.74, 6) is 0. The number of hydrogen-bond donors (Lipinski definition) is 1. The number of hydrogen-bond acceptors (Lipinski definition) is 1. The van der Waals surface area contributed by atoms with Crippen LogP contribution in [0.4, 0.5) is 4.39 Å². The van der Waals surface area contributed by atoms with Crippen LogP contribution in [0.15, 0.2) is 0 Å². The third kappa shape index (κ3) is 1.48. The lowest BCUT2D eigenvalue weighted by molar-refractivity contribution is 0.161. The summed E-state index contributed by atoms with van der Waals surface area (Å²) < 4.78 is 13.4. The van der Waals surface area contributed by atoms with Crippen LogP contribution in [-0.2, 0) is 0 Å². The van der Waals surface area contributed by atoms with Crippen LogP contribution < -0.4 is 5.32 Å². The van der Waals surface area contributed by atoms with Gasteiger partial charge in [-0.3, -0.25) is 0 Å². The van der Waals surface area contributed by atoms with Gasteiger partial charge in [0.05, 0.1) is 0 Å². The molecule has 2 atom stereocenters. The lowest BCUT2D eigenvalue weighted by Gasteiger charge is -2.21. The van der Waals surface area contributed by atoms with Gasteiger partial charge in [0, 0.05) is 6.04 Å². The molecule has 0 aromatic carbocycles. The first kappa shape index (κ1) is 7.99. The molecule has 0 radical (unpaired) electrons. The summed E-state index contributed by atoms with van der Waals surface area (Å²) in [6.07, 6.45) is 2.71. The predicted molar refractivity (Wildman–Crippen MR) is 40.8 cm³/mol. The molecule has 0 amide bonds. The van der Waals surface area contributed by atoms with Gasteiger partial charge in [-0.05, 0) is 26.3 Å².